The molecule has 108 valence electrons. The largest absolute Gasteiger partial charge is 0.308 e. The van der Waals surface area contributed by atoms with Crippen LogP contribution in [0.5, 0.6) is 0 Å². The van der Waals surface area contributed by atoms with E-state index in [0.717, 1.165) is 11.3 Å². The second-order valence-electron chi connectivity index (χ2n) is 4.23. The average Bonchev–Trinajstić information content (AvgIpc) is 2.77. The lowest BCUT2D eigenvalue weighted by atomic mass is 10.3. The fraction of sp³-hybridized carbons (Fsp3) is 0.273. The van der Waals surface area contributed by atoms with Crippen molar-refractivity contribution in [1.82, 2.24) is 19.5 Å². The van der Waals surface area contributed by atoms with E-state index in [1.54, 1.807) is 17.9 Å². The number of nitrogen functional groups attached to an aromatic ring is 1. The number of hydrogen-bond donors (Lipinski definition) is 3. The van der Waals surface area contributed by atoms with Crippen LogP contribution in [0.4, 0.5) is 5.82 Å². The van der Waals surface area contributed by atoms with Crippen molar-refractivity contribution >= 4 is 15.8 Å². The predicted molar refractivity (Wildman–Crippen MR) is 74.0 cm³/mol. The van der Waals surface area contributed by atoms with Gasteiger partial charge in [-0.05, 0) is 19.1 Å². The van der Waals surface area contributed by atoms with E-state index in [9.17, 15) is 8.42 Å². The first-order chi connectivity index (χ1) is 9.44. The normalized spacial score (nSPS) is 11.6. The number of nitrogens with two attached hydrogens (primary N) is 1. The highest BCUT2D eigenvalue weighted by molar-refractivity contribution is 7.89. The molecule has 0 bridgehead atoms. The number of aryl methyl sites for hydroxylation is 1. The first kappa shape index (κ1) is 14.4. The minimum Gasteiger partial charge on any atom is -0.308 e. The summed E-state index contributed by atoms with van der Waals surface area (Å²) in [5.74, 6) is 5.57. The third-order valence-electron chi connectivity index (χ3n) is 2.98. The minimum atomic E-state index is -3.61. The molecule has 2 aromatic heterocycles. The van der Waals surface area contributed by atoms with Crippen molar-refractivity contribution in [3.05, 3.63) is 35.8 Å². The van der Waals surface area contributed by atoms with Gasteiger partial charge in [0.2, 0.25) is 10.0 Å². The quantitative estimate of drug-likeness (QED) is 0.524. The zero-order chi connectivity index (χ0) is 14.8. The number of nitrogens with zero attached hydrogens (tertiary/aromatic N) is 3. The van der Waals surface area contributed by atoms with Crippen LogP contribution in [-0.4, -0.2) is 23.2 Å². The van der Waals surface area contributed by atoms with Crippen molar-refractivity contribution in [1.29, 1.82) is 0 Å². The molecule has 0 saturated carbocycles. The summed E-state index contributed by atoms with van der Waals surface area (Å²) in [6.07, 6.45) is 2.88. The van der Waals surface area contributed by atoms with E-state index in [0.29, 0.717) is 5.82 Å². The monoisotopic (exact) mass is 296 g/mol. The number of aromatic nitrogens is 3. The summed E-state index contributed by atoms with van der Waals surface area (Å²) < 4.78 is 28.4. The Bertz CT molecular complexity index is 692. The number of hydrogen-bond acceptors (Lipinski definition) is 6. The van der Waals surface area contributed by atoms with Crippen molar-refractivity contribution in [3.8, 4) is 0 Å². The first-order valence-corrected chi connectivity index (χ1v) is 7.32. The molecule has 8 nitrogen and oxygen atoms in total. The van der Waals surface area contributed by atoms with Gasteiger partial charge in [0.25, 0.3) is 0 Å². The van der Waals surface area contributed by atoms with E-state index in [4.69, 9.17) is 5.84 Å². The van der Waals surface area contributed by atoms with Crippen LogP contribution in [-0.2, 0) is 23.6 Å². The van der Waals surface area contributed by atoms with Crippen LogP contribution >= 0.6 is 0 Å². The van der Waals surface area contributed by atoms with Crippen LogP contribution < -0.4 is 16.0 Å². The molecule has 0 aliphatic carbocycles. The number of sulfonamides is 1. The molecule has 0 fully saturated rings. The summed E-state index contributed by atoms with van der Waals surface area (Å²) in [5.41, 5.74) is 4.07. The number of rotatable bonds is 5. The highest BCUT2D eigenvalue weighted by Crippen LogP contribution is 2.11. The molecular weight excluding hydrogens is 280 g/mol. The second kappa shape index (κ2) is 5.57. The lowest BCUT2D eigenvalue weighted by Crippen LogP contribution is -2.23. The zero-order valence-corrected chi connectivity index (χ0v) is 12.0. The Kier molecular flexibility index (Phi) is 4.02. The van der Waals surface area contributed by atoms with Gasteiger partial charge in [-0.25, -0.2) is 24.0 Å². The molecule has 0 unspecified atom stereocenters. The van der Waals surface area contributed by atoms with Crippen molar-refractivity contribution in [2.75, 3.05) is 5.43 Å². The van der Waals surface area contributed by atoms with E-state index >= 15 is 0 Å². The van der Waals surface area contributed by atoms with Crippen molar-refractivity contribution in [3.63, 3.8) is 0 Å². The van der Waals surface area contributed by atoms with Gasteiger partial charge in [-0.3, -0.25) is 4.68 Å². The molecular formula is C11H16N6O2S. The third kappa shape index (κ3) is 2.95. The Hall–Kier alpha value is -1.97. The Morgan fingerprint density at radius 1 is 1.35 bits per heavy atom. The van der Waals surface area contributed by atoms with Gasteiger partial charge in [0.05, 0.1) is 6.20 Å². The maximum atomic E-state index is 12.1. The summed E-state index contributed by atoms with van der Waals surface area (Å²) in [6.45, 7) is 2.05. The molecule has 0 saturated heterocycles. The maximum absolute atomic E-state index is 12.1. The molecule has 9 heteroatoms. The summed E-state index contributed by atoms with van der Waals surface area (Å²) in [6, 6.07) is 2.92. The SMILES string of the molecule is Cc1c(CNS(=O)(=O)c2ccc(NN)nc2)cnn1C. The molecule has 0 amide bonds. The van der Waals surface area contributed by atoms with E-state index in [2.05, 4.69) is 20.2 Å². The molecule has 0 radical (unpaired) electrons. The number of pyridine rings is 1. The summed E-state index contributed by atoms with van der Waals surface area (Å²) in [7, 11) is -1.81. The van der Waals surface area contributed by atoms with Gasteiger partial charge in [-0.2, -0.15) is 5.10 Å². The van der Waals surface area contributed by atoms with Crippen molar-refractivity contribution in [2.24, 2.45) is 12.9 Å². The van der Waals surface area contributed by atoms with Gasteiger partial charge in [-0.1, -0.05) is 0 Å². The van der Waals surface area contributed by atoms with Gasteiger partial charge in [0.1, 0.15) is 10.7 Å². The molecule has 20 heavy (non-hydrogen) atoms. The molecule has 0 aromatic carbocycles. The van der Waals surface area contributed by atoms with Gasteiger partial charge in [0, 0.05) is 31.0 Å². The van der Waals surface area contributed by atoms with Crippen LogP contribution in [0.15, 0.2) is 29.4 Å². The summed E-state index contributed by atoms with van der Waals surface area (Å²) in [4.78, 5) is 3.95. The Balaban J connectivity index is 2.12. The molecule has 4 N–H and O–H groups in total. The van der Waals surface area contributed by atoms with E-state index in [1.807, 2.05) is 6.92 Å². The highest BCUT2D eigenvalue weighted by Gasteiger charge is 2.15. The summed E-state index contributed by atoms with van der Waals surface area (Å²) in [5, 5.41) is 4.06. The maximum Gasteiger partial charge on any atom is 0.242 e. The molecule has 2 heterocycles. The van der Waals surface area contributed by atoms with Crippen LogP contribution in [0.2, 0.25) is 0 Å². The van der Waals surface area contributed by atoms with Crippen LogP contribution in [0.25, 0.3) is 0 Å². The second-order valence-corrected chi connectivity index (χ2v) is 5.99. The summed E-state index contributed by atoms with van der Waals surface area (Å²) >= 11 is 0. The first-order valence-electron chi connectivity index (χ1n) is 5.84. The van der Waals surface area contributed by atoms with Crippen LogP contribution in [0.1, 0.15) is 11.3 Å². The van der Waals surface area contributed by atoms with Gasteiger partial charge in [-0.15, -0.1) is 0 Å². The standard InChI is InChI=1S/C11H16N6O2S/c1-8-9(5-14-17(8)2)6-15-20(18,19)10-3-4-11(16-12)13-7-10/h3-5,7,15H,6,12H2,1-2H3,(H,13,16). The lowest BCUT2D eigenvalue weighted by Gasteiger charge is -2.07. The number of nitrogens with one attached hydrogen (secondary N) is 2. The van der Waals surface area contributed by atoms with Crippen molar-refractivity contribution < 1.29 is 8.42 Å². The molecule has 0 aliphatic rings. The van der Waals surface area contributed by atoms with Crippen LogP contribution in [0.3, 0.4) is 0 Å². The number of anilines is 1. The fourth-order valence-electron chi connectivity index (χ4n) is 1.60. The van der Waals surface area contributed by atoms with E-state index in [1.165, 1.54) is 18.3 Å². The Morgan fingerprint density at radius 2 is 2.10 bits per heavy atom. The molecule has 0 atom stereocenters. The molecule has 0 aliphatic heterocycles. The highest BCUT2D eigenvalue weighted by atomic mass is 32.2. The van der Waals surface area contributed by atoms with Crippen LogP contribution in [0, 0.1) is 6.92 Å². The van der Waals surface area contributed by atoms with E-state index < -0.39 is 10.0 Å². The zero-order valence-electron chi connectivity index (χ0n) is 11.2. The van der Waals surface area contributed by atoms with E-state index in [-0.39, 0.29) is 11.4 Å². The smallest absolute Gasteiger partial charge is 0.242 e. The van der Waals surface area contributed by atoms with Crippen molar-refractivity contribution in [2.45, 2.75) is 18.4 Å². The molecule has 2 aromatic rings. The fourth-order valence-corrected chi connectivity index (χ4v) is 2.55. The molecule has 0 spiro atoms. The van der Waals surface area contributed by atoms with Gasteiger partial charge < -0.3 is 5.43 Å². The number of hydrazine groups is 1. The lowest BCUT2D eigenvalue weighted by molar-refractivity contribution is 0.580. The van der Waals surface area contributed by atoms with Gasteiger partial charge in [0.15, 0.2) is 0 Å². The third-order valence-corrected chi connectivity index (χ3v) is 4.37. The topological polar surface area (TPSA) is 115 Å². The Labute approximate surface area is 117 Å². The molecule has 2 rings (SSSR count). The predicted octanol–water partition coefficient (Wildman–Crippen LogP) is -0.112. The van der Waals surface area contributed by atoms with Gasteiger partial charge >= 0.3 is 0 Å². The Morgan fingerprint density at radius 3 is 2.60 bits per heavy atom. The average molecular weight is 296 g/mol. The minimum absolute atomic E-state index is 0.0815.